The molecule has 1 spiro atoms. The monoisotopic (exact) mass is 513 g/mol. The lowest BCUT2D eigenvalue weighted by molar-refractivity contribution is -0.138. The molecular weight excluding hydrogens is 481 g/mol. The highest BCUT2D eigenvalue weighted by atomic mass is 19.1. The van der Waals surface area contributed by atoms with Crippen molar-refractivity contribution in [1.82, 2.24) is 15.1 Å². The van der Waals surface area contributed by atoms with Gasteiger partial charge in [-0.1, -0.05) is 54.6 Å². The molecule has 3 aliphatic heterocycles. The molecule has 2 N–H and O–H groups in total. The van der Waals surface area contributed by atoms with Crippen LogP contribution in [-0.2, 0) is 29.1 Å². The number of fused-ring (bicyclic) bond motifs is 1. The van der Waals surface area contributed by atoms with Crippen molar-refractivity contribution in [1.29, 1.82) is 0 Å². The quantitative estimate of drug-likeness (QED) is 0.477. The summed E-state index contributed by atoms with van der Waals surface area (Å²) in [6.45, 7) is 1.37. The topological polar surface area (TPSA) is 72.9 Å². The van der Waals surface area contributed by atoms with Crippen LogP contribution in [0, 0.1) is 11.7 Å². The van der Waals surface area contributed by atoms with Crippen molar-refractivity contribution in [2.75, 3.05) is 6.54 Å². The van der Waals surface area contributed by atoms with E-state index in [4.69, 9.17) is 0 Å². The van der Waals surface area contributed by atoms with Crippen LogP contribution >= 0.6 is 0 Å². The molecule has 6 nitrogen and oxygen atoms in total. The highest BCUT2D eigenvalue weighted by molar-refractivity contribution is 5.96. The molecule has 7 heteroatoms. The van der Waals surface area contributed by atoms with Crippen molar-refractivity contribution in [2.24, 2.45) is 5.92 Å². The summed E-state index contributed by atoms with van der Waals surface area (Å²) in [5.41, 5.74) is 2.40. The number of likely N-dealkylation sites (tertiary alicyclic amines) is 1. The van der Waals surface area contributed by atoms with E-state index in [-0.39, 0.29) is 41.9 Å². The van der Waals surface area contributed by atoms with Gasteiger partial charge in [0.2, 0.25) is 11.8 Å². The molecule has 4 atom stereocenters. The Morgan fingerprint density at radius 1 is 0.947 bits per heavy atom. The number of hydrogen-bond donors (Lipinski definition) is 2. The van der Waals surface area contributed by atoms with Crippen molar-refractivity contribution in [3.8, 4) is 5.75 Å². The number of phenolic OH excluding ortho intramolecular Hbond substituents is 1. The summed E-state index contributed by atoms with van der Waals surface area (Å²) < 4.78 is 13.6. The fourth-order valence-corrected chi connectivity index (χ4v) is 7.00. The Kier molecular flexibility index (Phi) is 6.40. The average Bonchev–Trinajstić information content (AvgIpc) is 3.51. The molecule has 2 bridgehead atoms. The Labute approximate surface area is 222 Å². The van der Waals surface area contributed by atoms with Crippen LogP contribution in [0.15, 0.2) is 78.9 Å². The SMILES string of the molecule is O=C(NCCc1ccccc1)[C@@H]1N(Cc2ccc(F)cc2)C(=O)[C@H]2C[C@@H]3CC[C@@]21N3Cc1ccc(O)cc1. The lowest BCUT2D eigenvalue weighted by Gasteiger charge is -2.40. The summed E-state index contributed by atoms with van der Waals surface area (Å²) in [5.74, 6) is -0.478. The first-order valence-electron chi connectivity index (χ1n) is 13.4. The summed E-state index contributed by atoms with van der Waals surface area (Å²) in [4.78, 5) is 32.0. The van der Waals surface area contributed by atoms with Gasteiger partial charge in [0.25, 0.3) is 0 Å². The first-order valence-corrected chi connectivity index (χ1v) is 13.4. The van der Waals surface area contributed by atoms with E-state index in [1.54, 1.807) is 29.2 Å². The second-order valence-corrected chi connectivity index (χ2v) is 10.8. The van der Waals surface area contributed by atoms with Crippen molar-refractivity contribution < 1.29 is 19.1 Å². The van der Waals surface area contributed by atoms with E-state index < -0.39 is 11.6 Å². The van der Waals surface area contributed by atoms with Gasteiger partial charge >= 0.3 is 0 Å². The average molecular weight is 514 g/mol. The van der Waals surface area contributed by atoms with Gasteiger partial charge in [-0.3, -0.25) is 14.5 Å². The molecule has 0 aromatic heterocycles. The van der Waals surface area contributed by atoms with E-state index >= 15 is 0 Å². The van der Waals surface area contributed by atoms with Gasteiger partial charge in [-0.25, -0.2) is 4.39 Å². The zero-order chi connectivity index (χ0) is 26.3. The summed E-state index contributed by atoms with van der Waals surface area (Å²) in [7, 11) is 0. The predicted molar refractivity (Wildman–Crippen MR) is 141 cm³/mol. The first-order chi connectivity index (χ1) is 18.5. The fraction of sp³-hybridized carbons (Fsp3) is 0.355. The van der Waals surface area contributed by atoms with E-state index in [1.807, 2.05) is 42.5 Å². The first kappa shape index (κ1) is 24.6. The highest BCUT2D eigenvalue weighted by Gasteiger charge is 2.71. The van der Waals surface area contributed by atoms with Gasteiger partial charge < -0.3 is 15.3 Å². The normalized spacial score (nSPS) is 26.1. The van der Waals surface area contributed by atoms with Gasteiger partial charge in [-0.15, -0.1) is 0 Å². The molecular formula is C31H32FN3O3. The zero-order valence-corrected chi connectivity index (χ0v) is 21.2. The fourth-order valence-electron chi connectivity index (χ4n) is 7.00. The predicted octanol–water partition coefficient (Wildman–Crippen LogP) is 4.02. The standard InChI is InChI=1S/C31H32FN3O3/c32-24-10-6-22(7-11-24)19-34-28(29(37)33-17-15-21-4-2-1-3-5-21)31-16-14-25(18-27(31)30(34)38)35(31)20-23-8-12-26(36)13-9-23/h1-13,25,27-28,36H,14-20H2,(H,33,37)/t25-,27+,28-,31+/m0/s1. The van der Waals surface area contributed by atoms with Crippen LogP contribution in [0.3, 0.4) is 0 Å². The zero-order valence-electron chi connectivity index (χ0n) is 21.2. The number of carbonyl (C=O) groups excluding carboxylic acids is 2. The van der Waals surface area contributed by atoms with Crippen LogP contribution in [-0.4, -0.2) is 50.9 Å². The Bertz CT molecular complexity index is 1310. The van der Waals surface area contributed by atoms with Crippen LogP contribution in [0.25, 0.3) is 0 Å². The van der Waals surface area contributed by atoms with Gasteiger partial charge in [0, 0.05) is 25.7 Å². The second-order valence-electron chi connectivity index (χ2n) is 10.8. The molecule has 0 unspecified atom stereocenters. The number of carbonyl (C=O) groups is 2. The maximum absolute atomic E-state index is 14.0. The number of nitrogens with zero attached hydrogens (tertiary/aromatic N) is 2. The van der Waals surface area contributed by atoms with Gasteiger partial charge in [0.1, 0.15) is 17.6 Å². The number of rotatable bonds is 8. The van der Waals surface area contributed by atoms with Crippen LogP contribution < -0.4 is 5.32 Å². The van der Waals surface area contributed by atoms with Crippen LogP contribution in [0.5, 0.6) is 5.75 Å². The maximum atomic E-state index is 14.0. The van der Waals surface area contributed by atoms with Crippen LogP contribution in [0.2, 0.25) is 0 Å². The second kappa shape index (κ2) is 9.87. The van der Waals surface area contributed by atoms with Crippen molar-refractivity contribution in [2.45, 2.75) is 56.4 Å². The van der Waals surface area contributed by atoms with Crippen molar-refractivity contribution in [3.63, 3.8) is 0 Å². The highest BCUT2D eigenvalue weighted by Crippen LogP contribution is 2.58. The van der Waals surface area contributed by atoms with E-state index in [9.17, 15) is 19.1 Å². The number of benzene rings is 3. The van der Waals surface area contributed by atoms with Crippen molar-refractivity contribution in [3.05, 3.63) is 101 Å². The molecule has 3 aliphatic rings. The number of hydrogen-bond acceptors (Lipinski definition) is 4. The van der Waals surface area contributed by atoms with Gasteiger partial charge in [0.15, 0.2) is 0 Å². The molecule has 38 heavy (non-hydrogen) atoms. The maximum Gasteiger partial charge on any atom is 0.244 e. The lowest BCUT2D eigenvalue weighted by atomic mass is 9.75. The molecule has 0 radical (unpaired) electrons. The van der Waals surface area contributed by atoms with E-state index in [2.05, 4.69) is 10.2 Å². The molecule has 3 aromatic rings. The minimum Gasteiger partial charge on any atom is -0.508 e. The van der Waals surface area contributed by atoms with Gasteiger partial charge in [-0.2, -0.15) is 0 Å². The largest absolute Gasteiger partial charge is 0.508 e. The molecule has 3 saturated heterocycles. The third-order valence-corrected chi connectivity index (χ3v) is 8.69. The third kappa shape index (κ3) is 4.25. The molecule has 0 aliphatic carbocycles. The van der Waals surface area contributed by atoms with E-state index in [0.29, 0.717) is 19.5 Å². The van der Waals surface area contributed by atoms with Gasteiger partial charge in [-0.05, 0) is 66.6 Å². The smallest absolute Gasteiger partial charge is 0.244 e. The number of phenols is 1. The van der Waals surface area contributed by atoms with Crippen LogP contribution in [0.4, 0.5) is 4.39 Å². The molecule has 0 saturated carbocycles. The number of amides is 2. The molecule has 196 valence electrons. The molecule has 3 aromatic carbocycles. The molecule has 6 rings (SSSR count). The third-order valence-electron chi connectivity index (χ3n) is 8.69. The Morgan fingerprint density at radius 3 is 2.37 bits per heavy atom. The summed E-state index contributed by atoms with van der Waals surface area (Å²) in [5, 5.41) is 12.9. The van der Waals surface area contributed by atoms with E-state index in [1.165, 1.54) is 12.1 Å². The summed E-state index contributed by atoms with van der Waals surface area (Å²) in [6.07, 6.45) is 3.18. The molecule has 2 amide bonds. The molecule has 3 heterocycles. The minimum atomic E-state index is -0.634. The lowest BCUT2D eigenvalue weighted by Crippen LogP contribution is -2.60. The minimum absolute atomic E-state index is 0.00967. The Balaban J connectivity index is 1.30. The summed E-state index contributed by atoms with van der Waals surface area (Å²) in [6, 6.07) is 23.0. The molecule has 3 fully saturated rings. The number of aromatic hydroxyl groups is 1. The van der Waals surface area contributed by atoms with Crippen LogP contribution in [0.1, 0.15) is 36.0 Å². The van der Waals surface area contributed by atoms with Gasteiger partial charge in [0.05, 0.1) is 11.5 Å². The van der Waals surface area contributed by atoms with E-state index in [0.717, 1.165) is 36.0 Å². The Morgan fingerprint density at radius 2 is 1.63 bits per heavy atom. The Hall–Kier alpha value is -3.71. The number of halogens is 1. The summed E-state index contributed by atoms with van der Waals surface area (Å²) >= 11 is 0. The van der Waals surface area contributed by atoms with Crippen molar-refractivity contribution >= 4 is 11.8 Å². The number of nitrogens with one attached hydrogen (secondary N) is 1.